The molecule has 0 amide bonds. The van der Waals surface area contributed by atoms with Crippen molar-refractivity contribution < 1.29 is 0 Å². The lowest BCUT2D eigenvalue weighted by Gasteiger charge is -2.03. The zero-order valence-corrected chi connectivity index (χ0v) is 11.0. The van der Waals surface area contributed by atoms with Gasteiger partial charge in [-0.25, -0.2) is 0 Å². The third kappa shape index (κ3) is 4.00. The molecule has 0 saturated carbocycles. The summed E-state index contributed by atoms with van der Waals surface area (Å²) in [5.41, 5.74) is 2.70. The maximum atomic E-state index is 4.03. The summed E-state index contributed by atoms with van der Waals surface area (Å²) < 4.78 is 2.25. The molecule has 0 aliphatic rings. The fraction of sp³-hybridized carbons (Fsp3) is 0.400. The number of aromatic nitrogens is 2. The quantitative estimate of drug-likeness (QED) is 0.758. The van der Waals surface area contributed by atoms with Gasteiger partial charge < -0.3 is 9.88 Å². The van der Waals surface area contributed by atoms with Gasteiger partial charge in [-0.2, -0.15) is 0 Å². The first-order valence-electron chi connectivity index (χ1n) is 6.63. The van der Waals surface area contributed by atoms with Gasteiger partial charge in [0, 0.05) is 37.9 Å². The highest BCUT2D eigenvalue weighted by atomic mass is 14.9. The number of hydrogen-bond acceptors (Lipinski definition) is 2. The molecule has 96 valence electrons. The Hall–Kier alpha value is -1.61. The van der Waals surface area contributed by atoms with Gasteiger partial charge >= 0.3 is 0 Å². The molecule has 0 saturated heterocycles. The first kappa shape index (κ1) is 12.8. The smallest absolute Gasteiger partial charge is 0.0270 e. The maximum Gasteiger partial charge on any atom is 0.0270 e. The van der Waals surface area contributed by atoms with Crippen LogP contribution in [0.1, 0.15) is 24.5 Å². The zero-order chi connectivity index (χ0) is 12.6. The Bertz CT molecular complexity index is 448. The SMILES string of the molecule is CCCNCc1ccn(CCc2ccncc2)c1. The molecular formula is C15H21N3. The van der Waals surface area contributed by atoms with Crippen molar-refractivity contribution in [3.05, 3.63) is 54.1 Å². The van der Waals surface area contributed by atoms with Gasteiger partial charge in [0.2, 0.25) is 0 Å². The van der Waals surface area contributed by atoms with Crippen molar-refractivity contribution in [1.82, 2.24) is 14.9 Å². The predicted molar refractivity (Wildman–Crippen MR) is 74.4 cm³/mol. The molecule has 2 heterocycles. The molecule has 0 aliphatic carbocycles. The Kier molecular flexibility index (Phi) is 4.97. The van der Waals surface area contributed by atoms with Gasteiger partial charge in [-0.1, -0.05) is 6.92 Å². The van der Waals surface area contributed by atoms with Crippen molar-refractivity contribution in [2.75, 3.05) is 6.54 Å². The lowest BCUT2D eigenvalue weighted by Crippen LogP contribution is -2.13. The monoisotopic (exact) mass is 243 g/mol. The van der Waals surface area contributed by atoms with Crippen LogP contribution in [-0.4, -0.2) is 16.1 Å². The molecule has 18 heavy (non-hydrogen) atoms. The molecule has 0 atom stereocenters. The second-order valence-electron chi connectivity index (χ2n) is 4.54. The average Bonchev–Trinajstić information content (AvgIpc) is 2.86. The van der Waals surface area contributed by atoms with Gasteiger partial charge in [-0.05, 0) is 48.7 Å². The Morgan fingerprint density at radius 2 is 2.00 bits per heavy atom. The van der Waals surface area contributed by atoms with E-state index >= 15 is 0 Å². The van der Waals surface area contributed by atoms with E-state index in [2.05, 4.69) is 52.4 Å². The van der Waals surface area contributed by atoms with Gasteiger partial charge in [-0.15, -0.1) is 0 Å². The van der Waals surface area contributed by atoms with E-state index in [1.165, 1.54) is 17.5 Å². The molecule has 3 heteroatoms. The number of aryl methyl sites for hydroxylation is 2. The molecule has 0 bridgehead atoms. The second-order valence-corrected chi connectivity index (χ2v) is 4.54. The number of pyridine rings is 1. The minimum Gasteiger partial charge on any atom is -0.354 e. The van der Waals surface area contributed by atoms with Crippen LogP contribution >= 0.6 is 0 Å². The van der Waals surface area contributed by atoms with E-state index in [4.69, 9.17) is 0 Å². The summed E-state index contributed by atoms with van der Waals surface area (Å²) in [6.07, 6.45) is 10.3. The van der Waals surface area contributed by atoms with Gasteiger partial charge in [0.15, 0.2) is 0 Å². The molecule has 0 unspecified atom stereocenters. The standard InChI is InChI=1S/C15H21N3/c1-2-7-17-12-15-6-11-18(13-15)10-5-14-3-8-16-9-4-14/h3-4,6,8-9,11,13,17H,2,5,7,10,12H2,1H3. The van der Waals surface area contributed by atoms with Crippen molar-refractivity contribution in [3.8, 4) is 0 Å². The largest absolute Gasteiger partial charge is 0.354 e. The Morgan fingerprint density at radius 1 is 1.17 bits per heavy atom. The topological polar surface area (TPSA) is 29.9 Å². The number of rotatable bonds is 7. The highest BCUT2D eigenvalue weighted by Gasteiger charge is 1.97. The van der Waals surface area contributed by atoms with Crippen molar-refractivity contribution in [1.29, 1.82) is 0 Å². The van der Waals surface area contributed by atoms with E-state index in [1.807, 2.05) is 12.4 Å². The molecule has 0 fully saturated rings. The highest BCUT2D eigenvalue weighted by molar-refractivity contribution is 5.12. The fourth-order valence-electron chi connectivity index (χ4n) is 1.95. The molecule has 2 aromatic heterocycles. The van der Waals surface area contributed by atoms with Crippen LogP contribution in [0.2, 0.25) is 0 Å². The molecule has 0 radical (unpaired) electrons. The third-order valence-electron chi connectivity index (χ3n) is 2.98. The molecule has 0 aromatic carbocycles. The van der Waals surface area contributed by atoms with Crippen LogP contribution in [-0.2, 0) is 19.5 Å². The normalized spacial score (nSPS) is 10.7. The molecule has 2 aromatic rings. The summed E-state index contributed by atoms with van der Waals surface area (Å²) in [4.78, 5) is 4.03. The predicted octanol–water partition coefficient (Wildman–Crippen LogP) is 2.63. The number of nitrogens with zero attached hydrogens (tertiary/aromatic N) is 2. The van der Waals surface area contributed by atoms with E-state index in [1.54, 1.807) is 0 Å². The van der Waals surface area contributed by atoms with Crippen LogP contribution in [0.25, 0.3) is 0 Å². The Morgan fingerprint density at radius 3 is 2.78 bits per heavy atom. The van der Waals surface area contributed by atoms with E-state index in [9.17, 15) is 0 Å². The molecule has 1 N–H and O–H groups in total. The van der Waals surface area contributed by atoms with Crippen LogP contribution < -0.4 is 5.32 Å². The summed E-state index contributed by atoms with van der Waals surface area (Å²) in [6, 6.07) is 6.34. The average molecular weight is 243 g/mol. The van der Waals surface area contributed by atoms with Crippen LogP contribution in [0.3, 0.4) is 0 Å². The van der Waals surface area contributed by atoms with Crippen LogP contribution in [0.15, 0.2) is 43.0 Å². The molecule has 0 spiro atoms. The summed E-state index contributed by atoms with van der Waals surface area (Å²) in [5.74, 6) is 0. The Balaban J connectivity index is 1.80. The van der Waals surface area contributed by atoms with Gasteiger partial charge in [0.1, 0.15) is 0 Å². The van der Waals surface area contributed by atoms with Gasteiger partial charge in [-0.3, -0.25) is 4.98 Å². The molecule has 2 rings (SSSR count). The first-order chi connectivity index (χ1) is 8.88. The van der Waals surface area contributed by atoms with Crippen molar-refractivity contribution >= 4 is 0 Å². The summed E-state index contributed by atoms with van der Waals surface area (Å²) in [6.45, 7) is 5.27. The van der Waals surface area contributed by atoms with Crippen molar-refractivity contribution in [2.45, 2.75) is 32.9 Å². The molecule has 0 aliphatic heterocycles. The highest BCUT2D eigenvalue weighted by Crippen LogP contribution is 2.04. The Labute approximate surface area is 109 Å². The number of nitrogens with one attached hydrogen (secondary N) is 1. The minimum absolute atomic E-state index is 0.968. The van der Waals surface area contributed by atoms with E-state index in [0.717, 1.165) is 26.1 Å². The van der Waals surface area contributed by atoms with Crippen LogP contribution in [0.5, 0.6) is 0 Å². The van der Waals surface area contributed by atoms with Crippen molar-refractivity contribution in [3.63, 3.8) is 0 Å². The zero-order valence-electron chi connectivity index (χ0n) is 11.0. The van der Waals surface area contributed by atoms with Crippen LogP contribution in [0, 0.1) is 0 Å². The molecular weight excluding hydrogens is 222 g/mol. The van der Waals surface area contributed by atoms with Crippen molar-refractivity contribution in [2.24, 2.45) is 0 Å². The van der Waals surface area contributed by atoms with Gasteiger partial charge in [0.25, 0.3) is 0 Å². The second kappa shape index (κ2) is 6.97. The summed E-state index contributed by atoms with van der Waals surface area (Å²) in [7, 11) is 0. The minimum atomic E-state index is 0.968. The lowest BCUT2D eigenvalue weighted by molar-refractivity contribution is 0.666. The molecule has 3 nitrogen and oxygen atoms in total. The summed E-state index contributed by atoms with van der Waals surface area (Å²) >= 11 is 0. The summed E-state index contributed by atoms with van der Waals surface area (Å²) in [5, 5.41) is 3.42. The van der Waals surface area contributed by atoms with Crippen LogP contribution in [0.4, 0.5) is 0 Å². The third-order valence-corrected chi connectivity index (χ3v) is 2.98. The first-order valence-corrected chi connectivity index (χ1v) is 6.63. The van der Waals surface area contributed by atoms with Gasteiger partial charge in [0.05, 0.1) is 0 Å². The van der Waals surface area contributed by atoms with E-state index in [0.29, 0.717) is 0 Å². The fourth-order valence-corrected chi connectivity index (χ4v) is 1.95. The number of hydrogen-bond donors (Lipinski definition) is 1. The maximum absolute atomic E-state index is 4.03. The van der Waals surface area contributed by atoms with E-state index < -0.39 is 0 Å². The lowest BCUT2D eigenvalue weighted by atomic mass is 10.2. The van der Waals surface area contributed by atoms with E-state index in [-0.39, 0.29) is 0 Å².